The molecule has 1 aliphatic heterocycles. The number of nitrogens with zero attached hydrogens (tertiary/aromatic N) is 3. The summed E-state index contributed by atoms with van der Waals surface area (Å²) in [6.45, 7) is 10.5. The molecule has 0 aliphatic carbocycles. The molecule has 9 heteroatoms. The minimum atomic E-state index is 0. The number of rotatable bonds is 8. The highest BCUT2D eigenvalue weighted by molar-refractivity contribution is 14.0. The van der Waals surface area contributed by atoms with Crippen molar-refractivity contribution in [3.8, 4) is 5.75 Å². The van der Waals surface area contributed by atoms with E-state index in [0.29, 0.717) is 17.5 Å². The predicted molar refractivity (Wildman–Crippen MR) is 140 cm³/mol. The number of nitrogens with one attached hydrogen (secondary N) is 2. The zero-order valence-electron chi connectivity index (χ0n) is 19.4. The average Bonchev–Trinajstić information content (AvgIpc) is 3.07. The molecule has 1 saturated heterocycles. The number of benzene rings is 1. The van der Waals surface area contributed by atoms with Crippen LogP contribution < -0.4 is 15.4 Å². The Bertz CT molecular complexity index is 831. The lowest BCUT2D eigenvalue weighted by Gasteiger charge is -2.31. The van der Waals surface area contributed by atoms with E-state index in [-0.39, 0.29) is 30.1 Å². The molecule has 0 radical (unpaired) electrons. The molecule has 2 aromatic rings. The van der Waals surface area contributed by atoms with Crippen molar-refractivity contribution in [2.24, 2.45) is 10.9 Å². The molecule has 2 N–H and O–H groups in total. The molecule has 2 heterocycles. The van der Waals surface area contributed by atoms with Crippen LogP contribution in [-0.2, 0) is 6.54 Å². The van der Waals surface area contributed by atoms with Gasteiger partial charge in [0.1, 0.15) is 17.6 Å². The first kappa shape index (κ1) is 26.7. The first-order valence-electron chi connectivity index (χ1n) is 10.9. The van der Waals surface area contributed by atoms with Crippen molar-refractivity contribution in [1.82, 2.24) is 20.5 Å². The third-order valence-corrected chi connectivity index (χ3v) is 5.88. The molecule has 1 atom stereocenters. The maximum atomic E-state index is 5.92. The molecule has 1 fully saturated rings. The van der Waals surface area contributed by atoms with Crippen molar-refractivity contribution < 1.29 is 9.15 Å². The first-order chi connectivity index (χ1) is 14.9. The van der Waals surface area contributed by atoms with Crippen LogP contribution in [0.1, 0.15) is 37.1 Å². The maximum Gasteiger partial charge on any atom is 0.208 e. The van der Waals surface area contributed by atoms with Gasteiger partial charge in [-0.3, -0.25) is 9.89 Å². The van der Waals surface area contributed by atoms with Gasteiger partial charge in [0.15, 0.2) is 5.96 Å². The minimum absolute atomic E-state index is 0. The predicted octanol–water partition coefficient (Wildman–Crippen LogP) is 4.41. The van der Waals surface area contributed by atoms with E-state index in [2.05, 4.69) is 25.5 Å². The van der Waals surface area contributed by atoms with E-state index in [1.165, 1.54) is 0 Å². The number of hydrogen-bond acceptors (Lipinski definition) is 5. The normalized spacial score (nSPS) is 16.3. The fourth-order valence-electron chi connectivity index (χ4n) is 3.64. The summed E-state index contributed by atoms with van der Waals surface area (Å²) in [4.78, 5) is 11.3. The summed E-state index contributed by atoms with van der Waals surface area (Å²) in [5.74, 6) is 3.99. The summed E-state index contributed by atoms with van der Waals surface area (Å²) in [6.07, 6.45) is 2.31. The van der Waals surface area contributed by atoms with Crippen LogP contribution >= 0.6 is 35.6 Å². The standard InChI is InChI=1S/C23H34ClN5O2.HI/c1-16(30-21-7-5-20(24)6-8-21)13-26-23(25-4)27-14-19-9-11-29(12-10-19)15-22-28-17(2)18(3)31-22;/h5-8,16,19H,9-15H2,1-4H3,(H2,25,26,27);1H. The van der Waals surface area contributed by atoms with Gasteiger partial charge in [-0.1, -0.05) is 11.6 Å². The quantitative estimate of drug-likeness (QED) is 0.276. The largest absolute Gasteiger partial charge is 0.489 e. The fraction of sp³-hybridized carbons (Fsp3) is 0.565. The van der Waals surface area contributed by atoms with Crippen LogP contribution in [0, 0.1) is 19.8 Å². The summed E-state index contributed by atoms with van der Waals surface area (Å²) < 4.78 is 11.6. The second-order valence-corrected chi connectivity index (χ2v) is 8.62. The Kier molecular flexibility index (Phi) is 11.1. The van der Waals surface area contributed by atoms with Gasteiger partial charge in [-0.25, -0.2) is 4.98 Å². The Morgan fingerprint density at radius 1 is 1.25 bits per heavy atom. The molecule has 1 aliphatic rings. The molecule has 0 bridgehead atoms. The zero-order chi connectivity index (χ0) is 22.2. The number of aliphatic imine (C=N–C) groups is 1. The average molecular weight is 576 g/mol. The number of aromatic nitrogens is 1. The molecule has 7 nitrogen and oxygen atoms in total. The third kappa shape index (κ3) is 8.44. The highest BCUT2D eigenvalue weighted by Gasteiger charge is 2.21. The van der Waals surface area contributed by atoms with Crippen molar-refractivity contribution in [3.63, 3.8) is 0 Å². The number of piperidine rings is 1. The zero-order valence-corrected chi connectivity index (χ0v) is 22.4. The monoisotopic (exact) mass is 575 g/mol. The summed E-state index contributed by atoms with van der Waals surface area (Å²) in [6, 6.07) is 7.41. The number of halogens is 2. The lowest BCUT2D eigenvalue weighted by molar-refractivity contribution is 0.164. The maximum absolute atomic E-state index is 5.92. The van der Waals surface area contributed by atoms with E-state index in [0.717, 1.165) is 68.1 Å². The van der Waals surface area contributed by atoms with Gasteiger partial charge < -0.3 is 19.8 Å². The minimum Gasteiger partial charge on any atom is -0.489 e. The van der Waals surface area contributed by atoms with Gasteiger partial charge in [-0.2, -0.15) is 0 Å². The number of oxazole rings is 1. The summed E-state index contributed by atoms with van der Waals surface area (Å²) >= 11 is 5.92. The van der Waals surface area contributed by atoms with Gasteiger partial charge in [0.25, 0.3) is 0 Å². The second kappa shape index (κ2) is 13.3. The van der Waals surface area contributed by atoms with E-state index < -0.39 is 0 Å². The highest BCUT2D eigenvalue weighted by atomic mass is 127. The van der Waals surface area contributed by atoms with Crippen molar-refractivity contribution in [2.75, 3.05) is 33.2 Å². The van der Waals surface area contributed by atoms with E-state index in [1.807, 2.05) is 45.0 Å². The molecular weight excluding hydrogens is 541 g/mol. The number of guanidine groups is 1. The molecule has 178 valence electrons. The lowest BCUT2D eigenvalue weighted by Crippen LogP contribution is -2.45. The summed E-state index contributed by atoms with van der Waals surface area (Å²) in [5, 5.41) is 7.51. The van der Waals surface area contributed by atoms with Gasteiger partial charge in [0.2, 0.25) is 5.89 Å². The van der Waals surface area contributed by atoms with Gasteiger partial charge in [0.05, 0.1) is 18.8 Å². The molecule has 0 saturated carbocycles. The topological polar surface area (TPSA) is 74.9 Å². The Morgan fingerprint density at radius 3 is 2.53 bits per heavy atom. The van der Waals surface area contributed by atoms with Gasteiger partial charge in [-0.05, 0) is 76.9 Å². The number of hydrogen-bond donors (Lipinski definition) is 2. The Morgan fingerprint density at radius 2 is 1.94 bits per heavy atom. The Balaban J connectivity index is 0.00000363. The van der Waals surface area contributed by atoms with E-state index in [4.69, 9.17) is 20.8 Å². The summed E-state index contributed by atoms with van der Waals surface area (Å²) in [5.41, 5.74) is 0.987. The molecule has 32 heavy (non-hydrogen) atoms. The number of aryl methyl sites for hydroxylation is 2. The first-order valence-corrected chi connectivity index (χ1v) is 11.3. The van der Waals surface area contributed by atoms with Gasteiger partial charge in [-0.15, -0.1) is 24.0 Å². The van der Waals surface area contributed by atoms with Crippen LogP contribution in [0.5, 0.6) is 5.75 Å². The van der Waals surface area contributed by atoms with E-state index >= 15 is 0 Å². The highest BCUT2D eigenvalue weighted by Crippen LogP contribution is 2.19. The second-order valence-electron chi connectivity index (χ2n) is 8.19. The van der Waals surface area contributed by atoms with Crippen molar-refractivity contribution in [3.05, 3.63) is 46.6 Å². The molecule has 3 rings (SSSR count). The van der Waals surface area contributed by atoms with Crippen molar-refractivity contribution >= 4 is 41.5 Å². The summed E-state index contributed by atoms with van der Waals surface area (Å²) in [7, 11) is 1.79. The molecule has 1 unspecified atom stereocenters. The van der Waals surface area contributed by atoms with Gasteiger partial charge >= 0.3 is 0 Å². The Hall–Kier alpha value is -1.52. The van der Waals surface area contributed by atoms with Crippen molar-refractivity contribution in [2.45, 2.75) is 46.3 Å². The molecular formula is C23H35ClIN5O2. The molecule has 1 aromatic heterocycles. The van der Waals surface area contributed by atoms with Crippen LogP contribution in [0.15, 0.2) is 33.7 Å². The molecule has 0 amide bonds. The van der Waals surface area contributed by atoms with Crippen LogP contribution in [0.25, 0.3) is 0 Å². The van der Waals surface area contributed by atoms with Crippen LogP contribution in [0.3, 0.4) is 0 Å². The fourth-order valence-corrected chi connectivity index (χ4v) is 3.76. The lowest BCUT2D eigenvalue weighted by atomic mass is 9.97. The number of ether oxygens (including phenoxy) is 1. The number of likely N-dealkylation sites (tertiary alicyclic amines) is 1. The molecule has 1 aromatic carbocycles. The Labute approximate surface area is 213 Å². The van der Waals surface area contributed by atoms with Crippen LogP contribution in [-0.4, -0.2) is 55.2 Å². The van der Waals surface area contributed by atoms with Crippen molar-refractivity contribution in [1.29, 1.82) is 0 Å². The SMILES string of the molecule is CN=C(NCC1CCN(Cc2nc(C)c(C)o2)CC1)NCC(C)Oc1ccc(Cl)cc1.I. The van der Waals surface area contributed by atoms with Crippen LogP contribution in [0.4, 0.5) is 0 Å². The van der Waals surface area contributed by atoms with Crippen LogP contribution in [0.2, 0.25) is 5.02 Å². The third-order valence-electron chi connectivity index (χ3n) is 5.63. The molecule has 0 spiro atoms. The van der Waals surface area contributed by atoms with E-state index in [9.17, 15) is 0 Å². The van der Waals surface area contributed by atoms with E-state index in [1.54, 1.807) is 7.05 Å². The van der Waals surface area contributed by atoms with Gasteiger partial charge in [0, 0.05) is 18.6 Å². The smallest absolute Gasteiger partial charge is 0.208 e.